The minimum Gasteiger partial charge on any atom is -0.386 e. The maximum Gasteiger partial charge on any atom is 0.255 e. The SMILES string of the molecule is CCc1cncc(C(=O)N2CCCC(O)(Cn3ccnn3)C2)c1. The van der Waals surface area contributed by atoms with E-state index in [1.54, 1.807) is 34.4 Å². The highest BCUT2D eigenvalue weighted by Crippen LogP contribution is 2.24. The molecule has 1 atom stereocenters. The molecular formula is C16H21N5O2. The summed E-state index contributed by atoms with van der Waals surface area (Å²) in [5.41, 5.74) is 0.636. The first-order valence-corrected chi connectivity index (χ1v) is 7.89. The lowest BCUT2D eigenvalue weighted by atomic mass is 9.92. The summed E-state index contributed by atoms with van der Waals surface area (Å²) in [5, 5.41) is 18.5. The van der Waals surface area contributed by atoms with E-state index in [2.05, 4.69) is 15.3 Å². The summed E-state index contributed by atoms with van der Waals surface area (Å²) in [6, 6.07) is 1.88. The molecule has 0 radical (unpaired) electrons. The van der Waals surface area contributed by atoms with Crippen LogP contribution in [0.2, 0.25) is 0 Å². The third-order valence-corrected chi connectivity index (χ3v) is 4.22. The quantitative estimate of drug-likeness (QED) is 0.906. The molecule has 3 heterocycles. The molecule has 1 fully saturated rings. The predicted octanol–water partition coefficient (Wildman–Crippen LogP) is 0.903. The molecule has 1 amide bonds. The number of hydrogen-bond donors (Lipinski definition) is 1. The topological polar surface area (TPSA) is 84.1 Å². The van der Waals surface area contributed by atoms with Crippen LogP contribution < -0.4 is 0 Å². The molecule has 1 aliphatic heterocycles. The number of aliphatic hydroxyl groups is 1. The largest absolute Gasteiger partial charge is 0.386 e. The van der Waals surface area contributed by atoms with E-state index < -0.39 is 5.60 Å². The van der Waals surface area contributed by atoms with Gasteiger partial charge in [0, 0.05) is 25.1 Å². The van der Waals surface area contributed by atoms with E-state index >= 15 is 0 Å². The average molecular weight is 315 g/mol. The number of likely N-dealkylation sites (tertiary alicyclic amines) is 1. The Hall–Kier alpha value is -2.28. The van der Waals surface area contributed by atoms with Gasteiger partial charge in [0.1, 0.15) is 5.60 Å². The van der Waals surface area contributed by atoms with Gasteiger partial charge in [-0.25, -0.2) is 4.68 Å². The molecule has 0 aromatic carbocycles. The van der Waals surface area contributed by atoms with Gasteiger partial charge in [0.2, 0.25) is 0 Å². The van der Waals surface area contributed by atoms with Gasteiger partial charge in [0.15, 0.2) is 0 Å². The van der Waals surface area contributed by atoms with Crippen molar-refractivity contribution < 1.29 is 9.90 Å². The fraction of sp³-hybridized carbons (Fsp3) is 0.500. The third-order valence-electron chi connectivity index (χ3n) is 4.22. The van der Waals surface area contributed by atoms with Gasteiger partial charge in [-0.1, -0.05) is 12.1 Å². The number of carbonyl (C=O) groups is 1. The molecular weight excluding hydrogens is 294 g/mol. The lowest BCUT2D eigenvalue weighted by Gasteiger charge is -2.39. The van der Waals surface area contributed by atoms with Crippen LogP contribution in [0.4, 0.5) is 0 Å². The zero-order valence-electron chi connectivity index (χ0n) is 13.2. The maximum absolute atomic E-state index is 12.7. The summed E-state index contributed by atoms with van der Waals surface area (Å²) in [5.74, 6) is -0.0792. The Morgan fingerprint density at radius 3 is 3.04 bits per heavy atom. The number of nitrogens with zero attached hydrogens (tertiary/aromatic N) is 5. The van der Waals surface area contributed by atoms with Crippen molar-refractivity contribution in [3.05, 3.63) is 42.0 Å². The van der Waals surface area contributed by atoms with E-state index in [9.17, 15) is 9.90 Å². The van der Waals surface area contributed by atoms with Crippen molar-refractivity contribution in [2.45, 2.75) is 38.3 Å². The maximum atomic E-state index is 12.7. The normalized spacial score (nSPS) is 21.4. The second-order valence-electron chi connectivity index (χ2n) is 6.09. The molecule has 1 N–H and O–H groups in total. The van der Waals surface area contributed by atoms with Crippen LogP contribution in [-0.2, 0) is 13.0 Å². The molecule has 23 heavy (non-hydrogen) atoms. The summed E-state index contributed by atoms with van der Waals surface area (Å²) >= 11 is 0. The number of aryl methyl sites for hydroxylation is 1. The Labute approximate surface area is 134 Å². The van der Waals surface area contributed by atoms with Crippen molar-refractivity contribution in [1.82, 2.24) is 24.9 Å². The molecule has 1 aliphatic rings. The molecule has 7 nitrogen and oxygen atoms in total. The molecule has 0 aliphatic carbocycles. The Balaban J connectivity index is 1.73. The van der Waals surface area contributed by atoms with Gasteiger partial charge in [0.05, 0.1) is 24.8 Å². The lowest BCUT2D eigenvalue weighted by Crippen LogP contribution is -2.52. The number of pyridine rings is 1. The summed E-state index contributed by atoms with van der Waals surface area (Å²) in [7, 11) is 0. The number of amides is 1. The molecule has 1 unspecified atom stereocenters. The first-order chi connectivity index (χ1) is 11.1. The van der Waals surface area contributed by atoms with Crippen LogP contribution in [0.3, 0.4) is 0 Å². The van der Waals surface area contributed by atoms with E-state index in [0.717, 1.165) is 18.4 Å². The van der Waals surface area contributed by atoms with E-state index in [0.29, 0.717) is 31.6 Å². The van der Waals surface area contributed by atoms with Gasteiger partial charge in [-0.2, -0.15) is 0 Å². The third kappa shape index (κ3) is 3.56. The first-order valence-electron chi connectivity index (χ1n) is 7.89. The van der Waals surface area contributed by atoms with Crippen LogP contribution in [0.1, 0.15) is 35.7 Å². The van der Waals surface area contributed by atoms with Crippen molar-refractivity contribution in [3.8, 4) is 0 Å². The number of aromatic nitrogens is 4. The number of β-amino-alcohol motifs (C(OH)–C–C–N with tert-alkyl or cyclic N) is 1. The van der Waals surface area contributed by atoms with Crippen LogP contribution in [0.15, 0.2) is 30.9 Å². The number of piperidine rings is 1. The Bertz CT molecular complexity index is 673. The molecule has 7 heteroatoms. The number of rotatable bonds is 4. The average Bonchev–Trinajstić information content (AvgIpc) is 3.06. The molecule has 2 aromatic rings. The lowest BCUT2D eigenvalue weighted by molar-refractivity contribution is -0.0387. The van der Waals surface area contributed by atoms with Crippen molar-refractivity contribution in [3.63, 3.8) is 0 Å². The summed E-state index contributed by atoms with van der Waals surface area (Å²) in [6.45, 7) is 3.31. The van der Waals surface area contributed by atoms with E-state index in [1.807, 2.05) is 13.0 Å². The van der Waals surface area contributed by atoms with Crippen LogP contribution in [-0.4, -0.2) is 54.6 Å². The van der Waals surface area contributed by atoms with Crippen LogP contribution >= 0.6 is 0 Å². The molecule has 0 saturated carbocycles. The van der Waals surface area contributed by atoms with Crippen LogP contribution in [0.5, 0.6) is 0 Å². The minimum absolute atomic E-state index is 0.0792. The molecule has 2 aromatic heterocycles. The number of hydrogen-bond acceptors (Lipinski definition) is 5. The molecule has 122 valence electrons. The van der Waals surface area contributed by atoms with Crippen molar-refractivity contribution >= 4 is 5.91 Å². The van der Waals surface area contributed by atoms with E-state index in [4.69, 9.17) is 0 Å². The van der Waals surface area contributed by atoms with Crippen molar-refractivity contribution in [1.29, 1.82) is 0 Å². The first kappa shape index (κ1) is 15.6. The van der Waals surface area contributed by atoms with Gasteiger partial charge in [-0.3, -0.25) is 9.78 Å². The van der Waals surface area contributed by atoms with Gasteiger partial charge >= 0.3 is 0 Å². The van der Waals surface area contributed by atoms with Gasteiger partial charge < -0.3 is 10.0 Å². The highest BCUT2D eigenvalue weighted by atomic mass is 16.3. The molecule has 3 rings (SSSR count). The van der Waals surface area contributed by atoms with Crippen molar-refractivity contribution in [2.75, 3.05) is 13.1 Å². The van der Waals surface area contributed by atoms with Crippen LogP contribution in [0, 0.1) is 0 Å². The van der Waals surface area contributed by atoms with Gasteiger partial charge in [-0.05, 0) is 30.9 Å². The van der Waals surface area contributed by atoms with Crippen molar-refractivity contribution in [2.24, 2.45) is 0 Å². The summed E-state index contributed by atoms with van der Waals surface area (Å²) in [4.78, 5) is 18.5. The zero-order valence-corrected chi connectivity index (χ0v) is 13.2. The molecule has 1 saturated heterocycles. The standard InChI is InChI=1S/C16H21N5O2/c1-2-13-8-14(10-17-9-13)15(22)20-6-3-4-16(23,11-20)12-21-7-5-18-19-21/h5,7-10,23H,2-4,6,11-12H2,1H3. The van der Waals surface area contributed by atoms with Gasteiger partial charge in [0.25, 0.3) is 5.91 Å². The highest BCUT2D eigenvalue weighted by Gasteiger charge is 2.36. The van der Waals surface area contributed by atoms with Crippen LogP contribution in [0.25, 0.3) is 0 Å². The summed E-state index contributed by atoms with van der Waals surface area (Å²) < 4.78 is 1.60. The second-order valence-corrected chi connectivity index (χ2v) is 6.09. The Morgan fingerprint density at radius 1 is 1.43 bits per heavy atom. The number of carbonyl (C=O) groups excluding carboxylic acids is 1. The molecule has 0 spiro atoms. The van der Waals surface area contributed by atoms with E-state index in [-0.39, 0.29) is 5.91 Å². The smallest absolute Gasteiger partial charge is 0.255 e. The predicted molar refractivity (Wildman–Crippen MR) is 83.7 cm³/mol. The second kappa shape index (κ2) is 6.45. The fourth-order valence-electron chi connectivity index (χ4n) is 3.01. The minimum atomic E-state index is -0.975. The summed E-state index contributed by atoms with van der Waals surface area (Å²) in [6.07, 6.45) is 8.90. The fourth-order valence-corrected chi connectivity index (χ4v) is 3.01. The monoisotopic (exact) mass is 315 g/mol. The Morgan fingerprint density at radius 2 is 2.30 bits per heavy atom. The van der Waals surface area contributed by atoms with Gasteiger partial charge in [-0.15, -0.1) is 5.10 Å². The highest BCUT2D eigenvalue weighted by molar-refractivity contribution is 5.94. The van der Waals surface area contributed by atoms with E-state index in [1.165, 1.54) is 0 Å². The zero-order chi connectivity index (χ0) is 16.3. The Kier molecular flexibility index (Phi) is 4.38. The molecule has 0 bridgehead atoms.